The number of carbonyl (C=O) groups excluding carboxylic acids is 2. The highest BCUT2D eigenvalue weighted by Gasteiger charge is 2.53. The zero-order valence-corrected chi connectivity index (χ0v) is 12.2. The van der Waals surface area contributed by atoms with Crippen LogP contribution in [-0.4, -0.2) is 29.7 Å². The van der Waals surface area contributed by atoms with Crippen LogP contribution in [0.4, 0.5) is 0 Å². The van der Waals surface area contributed by atoms with E-state index in [2.05, 4.69) is 16.1 Å². The molecule has 0 fully saturated rings. The molecule has 0 saturated heterocycles. The predicted molar refractivity (Wildman–Crippen MR) is 71.0 cm³/mol. The van der Waals surface area contributed by atoms with Crippen molar-refractivity contribution in [1.82, 2.24) is 0 Å². The first-order valence-corrected chi connectivity index (χ1v) is 7.28. The minimum absolute atomic E-state index is 0.228. The number of esters is 2. The maximum absolute atomic E-state index is 12.0. The molecule has 0 aromatic heterocycles. The number of carbonyl (C=O) groups is 2. The summed E-state index contributed by atoms with van der Waals surface area (Å²) in [5.41, 5.74) is 0. The fourth-order valence-electron chi connectivity index (χ4n) is 1.60. The van der Waals surface area contributed by atoms with E-state index in [1.807, 2.05) is 0 Å². The van der Waals surface area contributed by atoms with Gasteiger partial charge in [-0.3, -0.25) is 9.35 Å². The maximum atomic E-state index is 12.0. The van der Waals surface area contributed by atoms with Crippen molar-refractivity contribution < 1.29 is 32.0 Å². The van der Waals surface area contributed by atoms with Gasteiger partial charge in [-0.15, -0.1) is 0 Å². The third kappa shape index (κ3) is 4.46. The molecule has 0 saturated carbocycles. The first-order valence-electron chi connectivity index (χ1n) is 5.84. The molecule has 8 heteroatoms. The van der Waals surface area contributed by atoms with Crippen LogP contribution in [0.25, 0.3) is 0 Å². The first kappa shape index (κ1) is 18.3. The Kier molecular flexibility index (Phi) is 7.16. The summed E-state index contributed by atoms with van der Waals surface area (Å²) in [7, 11) is -4.88. The van der Waals surface area contributed by atoms with Crippen molar-refractivity contribution in [3.63, 3.8) is 0 Å². The van der Waals surface area contributed by atoms with Gasteiger partial charge >= 0.3 is 11.9 Å². The van der Waals surface area contributed by atoms with Gasteiger partial charge in [0.05, 0.1) is 18.9 Å². The normalized spacial score (nSPS) is 14.6. The summed E-state index contributed by atoms with van der Waals surface area (Å²) in [4.78, 5) is 23.4. The van der Waals surface area contributed by atoms with E-state index < -0.39 is 33.2 Å². The molecule has 7 nitrogen and oxygen atoms in total. The lowest BCUT2D eigenvalue weighted by Crippen LogP contribution is -2.48. The lowest BCUT2D eigenvalue weighted by atomic mass is 9.99. The number of allylic oxidation sites excluding steroid dienone is 1. The monoisotopic (exact) mass is 306 g/mol. The van der Waals surface area contributed by atoms with Crippen LogP contribution in [0.2, 0.25) is 0 Å². The van der Waals surface area contributed by atoms with Gasteiger partial charge in [0.25, 0.3) is 10.1 Å². The quantitative estimate of drug-likeness (QED) is 0.412. The second-order valence-corrected chi connectivity index (χ2v) is 5.66. The maximum Gasteiger partial charge on any atom is 0.335 e. The molecule has 0 spiro atoms. The molecule has 20 heavy (non-hydrogen) atoms. The second-order valence-electron chi connectivity index (χ2n) is 3.93. The summed E-state index contributed by atoms with van der Waals surface area (Å²) >= 11 is 0. The zero-order chi connectivity index (χ0) is 15.8. The van der Waals surface area contributed by atoms with Gasteiger partial charge in [0.15, 0.2) is 0 Å². The molecule has 0 aliphatic carbocycles. The molecule has 0 aromatic rings. The Morgan fingerprint density at radius 3 is 2.35 bits per heavy atom. The summed E-state index contributed by atoms with van der Waals surface area (Å²) in [6.45, 7) is 6.30. The smallest absolute Gasteiger partial charge is 0.335 e. The van der Waals surface area contributed by atoms with E-state index in [9.17, 15) is 22.6 Å². The molecule has 0 radical (unpaired) electrons. The second kappa shape index (κ2) is 7.81. The molecular formula is C12H18O7S. The van der Waals surface area contributed by atoms with E-state index in [-0.39, 0.29) is 12.8 Å². The molecule has 0 bridgehead atoms. The highest BCUT2D eigenvalue weighted by atomic mass is 32.2. The highest BCUT2D eigenvalue weighted by molar-refractivity contribution is 7.88. The van der Waals surface area contributed by atoms with Crippen molar-refractivity contribution in [3.8, 4) is 0 Å². The molecule has 0 aliphatic heterocycles. The van der Waals surface area contributed by atoms with E-state index >= 15 is 0 Å². The van der Waals surface area contributed by atoms with Crippen LogP contribution in [0.15, 0.2) is 25.2 Å². The van der Waals surface area contributed by atoms with Crippen LogP contribution >= 0.6 is 0 Å². The average molecular weight is 306 g/mol. The van der Waals surface area contributed by atoms with Gasteiger partial charge in [-0.1, -0.05) is 26.0 Å². The van der Waals surface area contributed by atoms with Crippen molar-refractivity contribution in [1.29, 1.82) is 0 Å². The van der Waals surface area contributed by atoms with Gasteiger partial charge < -0.3 is 9.47 Å². The lowest BCUT2D eigenvalue weighted by Gasteiger charge is -2.26. The van der Waals surface area contributed by atoms with E-state index in [0.717, 1.165) is 12.5 Å². The summed E-state index contributed by atoms with van der Waals surface area (Å²) in [6.07, 6.45) is 2.22. The van der Waals surface area contributed by atoms with Crippen LogP contribution in [0.1, 0.15) is 33.1 Å². The number of hydrogen-bond acceptors (Lipinski definition) is 6. The lowest BCUT2D eigenvalue weighted by molar-refractivity contribution is -0.148. The number of rotatable bonds is 8. The molecule has 1 N–H and O–H groups in total. The van der Waals surface area contributed by atoms with Crippen LogP contribution in [0, 0.1) is 0 Å². The summed E-state index contributed by atoms with van der Waals surface area (Å²) < 4.78 is 39.2. The minimum atomic E-state index is -4.88. The molecular weight excluding hydrogens is 288 g/mol. The van der Waals surface area contributed by atoms with Crippen molar-refractivity contribution in [3.05, 3.63) is 25.2 Å². The van der Waals surface area contributed by atoms with Crippen LogP contribution in [0.3, 0.4) is 0 Å². The Bertz CT molecular complexity index is 492. The Hall–Kier alpha value is -1.67. The van der Waals surface area contributed by atoms with Gasteiger partial charge in [0.1, 0.15) is 0 Å². The fraction of sp³-hybridized carbons (Fsp3) is 0.500. The molecule has 0 aromatic carbocycles. The van der Waals surface area contributed by atoms with Crippen molar-refractivity contribution in [2.24, 2.45) is 0 Å². The third-order valence-corrected chi connectivity index (χ3v) is 3.98. The molecule has 0 heterocycles. The Labute approximate surface area is 118 Å². The standard InChI is InChI=1S/C12H18O7S/c1-4-7-12(20(15,16)17,9-10(13)18-6-3)11(14)19-8-5-2/h5-6,8H,3-4,7,9H2,1-2H3,(H,15,16,17). The summed E-state index contributed by atoms with van der Waals surface area (Å²) in [5.74, 6) is -2.25. The van der Waals surface area contributed by atoms with Crippen molar-refractivity contribution in [2.75, 3.05) is 0 Å². The average Bonchev–Trinajstić information content (AvgIpc) is 2.34. The fourth-order valence-corrected chi connectivity index (χ4v) is 2.62. The largest absolute Gasteiger partial charge is 0.435 e. The van der Waals surface area contributed by atoms with Crippen LogP contribution in [-0.2, 0) is 29.2 Å². The zero-order valence-electron chi connectivity index (χ0n) is 11.4. The minimum Gasteiger partial charge on any atom is -0.435 e. The van der Waals surface area contributed by atoms with Crippen LogP contribution in [0.5, 0.6) is 0 Å². The Balaban J connectivity index is 5.64. The topological polar surface area (TPSA) is 107 Å². The Morgan fingerprint density at radius 1 is 1.35 bits per heavy atom. The third-order valence-electron chi connectivity index (χ3n) is 2.48. The molecule has 0 amide bonds. The predicted octanol–water partition coefficient (Wildman–Crippen LogP) is 1.57. The molecule has 0 aliphatic rings. The van der Waals surface area contributed by atoms with Crippen molar-refractivity contribution >= 4 is 22.1 Å². The Morgan fingerprint density at radius 2 is 1.95 bits per heavy atom. The SMILES string of the molecule is C=COC(=O)CC(CCC)(C(=O)OC=CC)S(=O)(=O)O. The van der Waals surface area contributed by atoms with E-state index in [0.29, 0.717) is 0 Å². The van der Waals surface area contributed by atoms with Gasteiger partial charge in [-0.2, -0.15) is 8.42 Å². The highest BCUT2D eigenvalue weighted by Crippen LogP contribution is 2.29. The van der Waals surface area contributed by atoms with E-state index in [1.54, 1.807) is 13.8 Å². The summed E-state index contributed by atoms with van der Waals surface area (Å²) in [6, 6.07) is 0. The number of hydrogen-bond donors (Lipinski definition) is 1. The molecule has 1 unspecified atom stereocenters. The van der Waals surface area contributed by atoms with Crippen LogP contribution < -0.4 is 0 Å². The van der Waals surface area contributed by atoms with E-state index in [1.165, 1.54) is 6.08 Å². The first-order chi connectivity index (χ1) is 9.25. The van der Waals surface area contributed by atoms with Gasteiger partial charge in [-0.25, -0.2) is 4.79 Å². The molecule has 114 valence electrons. The van der Waals surface area contributed by atoms with E-state index in [4.69, 9.17) is 0 Å². The van der Waals surface area contributed by atoms with Gasteiger partial charge in [0, 0.05) is 0 Å². The van der Waals surface area contributed by atoms with Gasteiger partial charge in [-0.05, 0) is 13.3 Å². The van der Waals surface area contributed by atoms with Gasteiger partial charge in [0.2, 0.25) is 4.75 Å². The summed E-state index contributed by atoms with van der Waals surface area (Å²) in [5, 5.41) is 0. The molecule has 1 atom stereocenters. The molecule has 0 rings (SSSR count). The van der Waals surface area contributed by atoms with Crippen molar-refractivity contribution in [2.45, 2.75) is 37.9 Å². The number of ether oxygens (including phenoxy) is 2.